The average molecular weight is 293 g/mol. The number of rotatable bonds is 0. The van der Waals surface area contributed by atoms with Crippen molar-refractivity contribution in [3.05, 3.63) is 0 Å². The minimum atomic E-state index is -1.08. The minimum Gasteiger partial charge on any atom is -0.550 e. The van der Waals surface area contributed by atoms with Crippen LogP contribution >= 0.6 is 0 Å². The second kappa shape index (κ2) is 11.0. The molecule has 0 saturated heterocycles. The van der Waals surface area contributed by atoms with Gasteiger partial charge in [-0.1, -0.05) is 0 Å². The second-order valence-electron chi connectivity index (χ2n) is 0.983. The van der Waals surface area contributed by atoms with Crippen LogP contribution in [-0.2, 0) is 9.59 Å². The van der Waals surface area contributed by atoms with Gasteiger partial charge in [0.2, 0.25) is 0 Å². The van der Waals surface area contributed by atoms with E-state index in [1.807, 2.05) is 0 Å². The molecule has 0 atom stereocenters. The number of carboxylic acids is 2. The van der Waals surface area contributed by atoms with Gasteiger partial charge in [0.05, 0.1) is 0 Å². The molecule has 0 rings (SSSR count). The normalized spacial score (nSPS) is 5.56. The van der Waals surface area contributed by atoms with Crippen molar-refractivity contribution >= 4 is 11.9 Å². The van der Waals surface area contributed by atoms with E-state index in [-0.39, 0.29) is 36.9 Å². The van der Waals surface area contributed by atoms with E-state index in [0.29, 0.717) is 0 Å². The van der Waals surface area contributed by atoms with E-state index in [4.69, 9.17) is 19.8 Å². The average Bonchev–Trinajstić information content (AvgIpc) is 1.25. The molecule has 0 spiro atoms. The van der Waals surface area contributed by atoms with Gasteiger partial charge in [-0.3, -0.25) is 0 Å². The summed E-state index contributed by atoms with van der Waals surface area (Å²) in [5.74, 6) is -2.17. The fourth-order valence-corrected chi connectivity index (χ4v) is 0. The molecule has 5 heteroatoms. The molecule has 0 aliphatic rings. The standard InChI is InChI=1S/2C2H4O2.Lu/c2*1-2(3)4;/h2*1H3,(H,3,4);/q;;+3/p-2. The Balaban J connectivity index is -0.0000000720. The summed E-state index contributed by atoms with van der Waals surface area (Å²) in [5.41, 5.74) is 0. The molecule has 0 radical (unpaired) electrons. The van der Waals surface area contributed by atoms with Crippen molar-refractivity contribution in [1.82, 2.24) is 0 Å². The van der Waals surface area contributed by atoms with Gasteiger partial charge in [0.15, 0.2) is 0 Å². The Bertz CT molecular complexity index is 70.6. The molecule has 60 valence electrons. The number of aliphatic carboxylic acids is 2. The van der Waals surface area contributed by atoms with Crippen LogP contribution in [0.1, 0.15) is 13.8 Å². The van der Waals surface area contributed by atoms with Gasteiger partial charge in [0.1, 0.15) is 0 Å². The predicted molar refractivity (Wildman–Crippen MR) is 21.4 cm³/mol. The molecule has 0 aromatic carbocycles. The molecule has 0 amide bonds. The van der Waals surface area contributed by atoms with Crippen LogP contribution in [0.2, 0.25) is 0 Å². The van der Waals surface area contributed by atoms with Gasteiger partial charge in [-0.2, -0.15) is 0 Å². The first kappa shape index (κ1) is 16.1. The molecular formula is C4H6LuO4+. The fraction of sp³-hybridized carbons (Fsp3) is 0.500. The Kier molecular flexibility index (Phi) is 19.7. The SMILES string of the molecule is CC(=O)[O-].CC(=O)[O-].[Lu+3]. The van der Waals surface area contributed by atoms with Crippen LogP contribution in [0.25, 0.3) is 0 Å². The van der Waals surface area contributed by atoms with Crippen molar-refractivity contribution in [3.8, 4) is 0 Å². The Hall–Kier alpha value is 0.174. The second-order valence-corrected chi connectivity index (χ2v) is 0.983. The minimum absolute atomic E-state index is 0. The Morgan fingerprint density at radius 1 is 1.00 bits per heavy atom. The largest absolute Gasteiger partial charge is 3.00 e. The molecule has 0 aromatic rings. The Morgan fingerprint density at radius 2 is 1.00 bits per heavy atom. The van der Waals surface area contributed by atoms with Gasteiger partial charge in [-0.05, 0) is 13.8 Å². The third kappa shape index (κ3) is 10300. The quantitative estimate of drug-likeness (QED) is 0.495. The molecule has 0 heterocycles. The molecule has 0 aliphatic heterocycles. The molecule has 0 saturated carbocycles. The van der Waals surface area contributed by atoms with Crippen LogP contribution in [-0.4, -0.2) is 11.9 Å². The maximum Gasteiger partial charge on any atom is 3.00 e. The van der Waals surface area contributed by atoms with E-state index >= 15 is 0 Å². The summed E-state index contributed by atoms with van der Waals surface area (Å²) in [7, 11) is 0. The molecule has 0 aliphatic carbocycles. The number of carbonyl (C=O) groups excluding carboxylic acids is 2. The third-order valence-corrected chi connectivity index (χ3v) is 0. The summed E-state index contributed by atoms with van der Waals surface area (Å²) in [4.78, 5) is 17.8. The van der Waals surface area contributed by atoms with Crippen LogP contribution < -0.4 is 10.2 Å². The number of carboxylic acid groups (broad SMARTS) is 2. The first-order valence-electron chi connectivity index (χ1n) is 1.82. The summed E-state index contributed by atoms with van der Waals surface area (Å²) < 4.78 is 0. The maximum atomic E-state index is 8.89. The van der Waals surface area contributed by atoms with E-state index < -0.39 is 11.9 Å². The van der Waals surface area contributed by atoms with Crippen LogP contribution in [0.3, 0.4) is 0 Å². The summed E-state index contributed by atoms with van der Waals surface area (Å²) >= 11 is 0. The number of hydrogen-bond acceptors (Lipinski definition) is 4. The van der Waals surface area contributed by atoms with E-state index in [1.54, 1.807) is 0 Å². The molecule has 9 heavy (non-hydrogen) atoms. The Labute approximate surface area is 82.1 Å². The van der Waals surface area contributed by atoms with Crippen molar-refractivity contribution < 1.29 is 56.7 Å². The van der Waals surface area contributed by atoms with Gasteiger partial charge < -0.3 is 19.8 Å². The van der Waals surface area contributed by atoms with E-state index in [0.717, 1.165) is 13.8 Å². The van der Waals surface area contributed by atoms with E-state index in [1.165, 1.54) is 0 Å². The summed E-state index contributed by atoms with van der Waals surface area (Å²) in [6, 6.07) is 0. The first-order valence-corrected chi connectivity index (χ1v) is 1.82. The van der Waals surface area contributed by atoms with Crippen LogP contribution in [0.15, 0.2) is 0 Å². The van der Waals surface area contributed by atoms with Crippen LogP contribution in [0.4, 0.5) is 0 Å². The van der Waals surface area contributed by atoms with Gasteiger partial charge in [-0.15, -0.1) is 0 Å². The van der Waals surface area contributed by atoms with Crippen molar-refractivity contribution in [2.24, 2.45) is 0 Å². The smallest absolute Gasteiger partial charge is 0.550 e. The van der Waals surface area contributed by atoms with E-state index in [9.17, 15) is 0 Å². The molecule has 4 nitrogen and oxygen atoms in total. The molecule has 0 unspecified atom stereocenters. The van der Waals surface area contributed by atoms with Crippen LogP contribution in [0, 0.1) is 36.9 Å². The zero-order valence-electron chi connectivity index (χ0n) is 4.89. The van der Waals surface area contributed by atoms with E-state index in [2.05, 4.69) is 0 Å². The van der Waals surface area contributed by atoms with Crippen molar-refractivity contribution in [3.63, 3.8) is 0 Å². The Morgan fingerprint density at radius 3 is 1.00 bits per heavy atom. The maximum absolute atomic E-state index is 8.89. The van der Waals surface area contributed by atoms with Gasteiger partial charge in [0, 0.05) is 11.9 Å². The van der Waals surface area contributed by atoms with Crippen molar-refractivity contribution in [2.45, 2.75) is 13.8 Å². The van der Waals surface area contributed by atoms with Gasteiger partial charge in [0.25, 0.3) is 0 Å². The third-order valence-electron chi connectivity index (χ3n) is 0. The fourth-order valence-electron chi connectivity index (χ4n) is 0. The first-order chi connectivity index (χ1) is 3.46. The molecule has 0 fully saturated rings. The predicted octanol–water partition coefficient (Wildman–Crippen LogP) is -2.49. The molecule has 0 N–H and O–H groups in total. The molecule has 0 bridgehead atoms. The number of carbonyl (C=O) groups is 2. The van der Waals surface area contributed by atoms with Gasteiger partial charge >= 0.3 is 36.9 Å². The van der Waals surface area contributed by atoms with Crippen molar-refractivity contribution in [2.75, 3.05) is 0 Å². The molecule has 0 aromatic heterocycles. The summed E-state index contributed by atoms with van der Waals surface area (Å²) in [6.07, 6.45) is 0. The topological polar surface area (TPSA) is 80.3 Å². The van der Waals surface area contributed by atoms with Crippen molar-refractivity contribution in [1.29, 1.82) is 0 Å². The number of hydrogen-bond donors (Lipinski definition) is 0. The zero-order chi connectivity index (χ0) is 7.15. The molecular weight excluding hydrogens is 287 g/mol. The zero-order valence-corrected chi connectivity index (χ0v) is 6.55. The van der Waals surface area contributed by atoms with Gasteiger partial charge in [-0.25, -0.2) is 0 Å². The van der Waals surface area contributed by atoms with Crippen LogP contribution in [0.5, 0.6) is 0 Å². The summed E-state index contributed by atoms with van der Waals surface area (Å²) in [5, 5.41) is 17.8. The monoisotopic (exact) mass is 293 g/mol. The summed E-state index contributed by atoms with van der Waals surface area (Å²) in [6.45, 7) is 1.94.